The second-order valence-electron chi connectivity index (χ2n) is 10.1. The van der Waals surface area contributed by atoms with E-state index >= 15 is 0 Å². The molecule has 1 aromatic heterocycles. The molecule has 39 heavy (non-hydrogen) atoms. The number of anilines is 1. The fourth-order valence-electron chi connectivity index (χ4n) is 4.95. The fraction of sp³-hybridized carbons (Fsp3) is 0.367. The Morgan fingerprint density at radius 2 is 1.92 bits per heavy atom. The quantitative estimate of drug-likeness (QED) is 0.551. The number of methoxy groups -OCH3 is 1. The minimum atomic E-state index is -0.239. The molecule has 5 rings (SSSR count). The molecule has 2 aliphatic heterocycles. The minimum absolute atomic E-state index is 0.0475. The molecule has 2 amide bonds. The van der Waals surface area contributed by atoms with Crippen LogP contribution in [-0.4, -0.2) is 68.1 Å². The van der Waals surface area contributed by atoms with Crippen LogP contribution in [0.3, 0.4) is 0 Å². The van der Waals surface area contributed by atoms with Gasteiger partial charge in [-0.15, -0.1) is 0 Å². The van der Waals surface area contributed by atoms with E-state index in [-0.39, 0.29) is 24.0 Å². The maximum absolute atomic E-state index is 13.1. The highest BCUT2D eigenvalue weighted by Crippen LogP contribution is 2.33. The topological polar surface area (TPSA) is 93.2 Å². The molecule has 204 valence electrons. The van der Waals surface area contributed by atoms with Gasteiger partial charge in [0.15, 0.2) is 11.5 Å². The van der Waals surface area contributed by atoms with Gasteiger partial charge in [-0.1, -0.05) is 24.3 Å². The summed E-state index contributed by atoms with van der Waals surface area (Å²) in [6.45, 7) is 1.60. The average Bonchev–Trinajstić information content (AvgIpc) is 2.95. The number of carbonyl (C=O) groups excluding carboxylic acids is 2. The maximum Gasteiger partial charge on any atom is 0.272 e. The Kier molecular flexibility index (Phi) is 7.97. The molecular weight excluding hydrogens is 496 g/mol. The SMILES string of the molecule is COc1ccc2cc1Oc1cccc(c1)CO[C@@H]1CCN(c3cccc(C(=O)N(C)C)n3)C[C@@H]1NC(=O)CC2. The molecule has 1 saturated heterocycles. The first-order valence-corrected chi connectivity index (χ1v) is 13.2. The van der Waals surface area contributed by atoms with Gasteiger partial charge >= 0.3 is 0 Å². The number of amides is 2. The Balaban J connectivity index is 1.39. The van der Waals surface area contributed by atoms with E-state index in [1.165, 1.54) is 4.90 Å². The molecular formula is C30H34N4O5. The molecule has 0 aliphatic carbocycles. The Bertz CT molecular complexity index is 1340. The van der Waals surface area contributed by atoms with Crippen LogP contribution in [0.1, 0.15) is 34.5 Å². The van der Waals surface area contributed by atoms with Crippen molar-refractivity contribution in [3.8, 4) is 17.2 Å². The molecule has 0 saturated carbocycles. The number of aryl methyl sites for hydroxylation is 1. The lowest BCUT2D eigenvalue weighted by Gasteiger charge is -2.39. The van der Waals surface area contributed by atoms with Gasteiger partial charge in [0.05, 0.1) is 25.9 Å². The van der Waals surface area contributed by atoms with E-state index in [0.717, 1.165) is 11.1 Å². The van der Waals surface area contributed by atoms with Crippen LogP contribution in [0.5, 0.6) is 17.2 Å². The number of piperidine rings is 1. The minimum Gasteiger partial charge on any atom is -0.493 e. The van der Waals surface area contributed by atoms with Crippen molar-refractivity contribution in [3.63, 3.8) is 0 Å². The third-order valence-corrected chi connectivity index (χ3v) is 7.04. The van der Waals surface area contributed by atoms with Crippen LogP contribution in [0.4, 0.5) is 5.82 Å². The molecule has 2 aromatic carbocycles. The molecule has 4 bridgehead atoms. The summed E-state index contributed by atoms with van der Waals surface area (Å²) in [6, 6.07) is 18.8. The van der Waals surface area contributed by atoms with Crippen LogP contribution in [0, 0.1) is 0 Å². The number of benzene rings is 2. The Hall–Kier alpha value is -4.11. The van der Waals surface area contributed by atoms with Gasteiger partial charge in [-0.2, -0.15) is 0 Å². The molecule has 3 aromatic rings. The zero-order valence-electron chi connectivity index (χ0n) is 22.6. The van der Waals surface area contributed by atoms with Crippen LogP contribution < -0.4 is 19.7 Å². The highest BCUT2D eigenvalue weighted by Gasteiger charge is 2.32. The average molecular weight is 531 g/mol. The van der Waals surface area contributed by atoms with Gasteiger partial charge in [-0.05, 0) is 60.4 Å². The van der Waals surface area contributed by atoms with Crippen LogP contribution in [0.25, 0.3) is 0 Å². The lowest BCUT2D eigenvalue weighted by Crippen LogP contribution is -2.56. The van der Waals surface area contributed by atoms with E-state index in [2.05, 4.69) is 15.2 Å². The first-order chi connectivity index (χ1) is 18.9. The normalized spacial score (nSPS) is 19.5. The number of carbonyl (C=O) groups is 2. The molecule has 1 N–H and O–H groups in total. The van der Waals surface area contributed by atoms with E-state index in [1.807, 2.05) is 54.6 Å². The lowest BCUT2D eigenvalue weighted by atomic mass is 10.0. The number of nitrogens with zero attached hydrogens (tertiary/aromatic N) is 3. The number of rotatable bonds is 3. The smallest absolute Gasteiger partial charge is 0.272 e. The van der Waals surface area contributed by atoms with E-state index in [4.69, 9.17) is 14.2 Å². The molecule has 3 heterocycles. The molecule has 0 unspecified atom stereocenters. The first-order valence-electron chi connectivity index (χ1n) is 13.2. The van der Waals surface area contributed by atoms with Gasteiger partial charge in [0.2, 0.25) is 5.91 Å². The van der Waals surface area contributed by atoms with Gasteiger partial charge in [0, 0.05) is 33.6 Å². The number of fused-ring (bicyclic) bond motifs is 5. The second kappa shape index (κ2) is 11.7. The van der Waals surface area contributed by atoms with Crippen molar-refractivity contribution in [3.05, 3.63) is 77.5 Å². The van der Waals surface area contributed by atoms with E-state index in [1.54, 1.807) is 27.3 Å². The molecule has 2 atom stereocenters. The van der Waals surface area contributed by atoms with Gasteiger partial charge in [-0.25, -0.2) is 4.98 Å². The predicted octanol–water partition coefficient (Wildman–Crippen LogP) is 3.81. The summed E-state index contributed by atoms with van der Waals surface area (Å²) in [4.78, 5) is 33.8. The summed E-state index contributed by atoms with van der Waals surface area (Å²) in [6.07, 6.45) is 1.41. The van der Waals surface area contributed by atoms with Gasteiger partial charge in [0.1, 0.15) is 17.3 Å². The number of hydrogen-bond acceptors (Lipinski definition) is 7. The van der Waals surface area contributed by atoms with Crippen LogP contribution in [0.15, 0.2) is 60.7 Å². The van der Waals surface area contributed by atoms with Gasteiger partial charge < -0.3 is 29.3 Å². The van der Waals surface area contributed by atoms with Crippen molar-refractivity contribution in [2.45, 2.75) is 38.0 Å². The third-order valence-electron chi connectivity index (χ3n) is 7.04. The number of hydrogen-bond donors (Lipinski definition) is 1. The summed E-state index contributed by atoms with van der Waals surface area (Å²) in [5.41, 5.74) is 2.35. The van der Waals surface area contributed by atoms with Crippen molar-refractivity contribution in [1.82, 2.24) is 15.2 Å². The van der Waals surface area contributed by atoms with Gasteiger partial charge in [-0.3, -0.25) is 9.59 Å². The highest BCUT2D eigenvalue weighted by atomic mass is 16.5. The zero-order chi connectivity index (χ0) is 27.4. The zero-order valence-corrected chi connectivity index (χ0v) is 22.6. The van der Waals surface area contributed by atoms with Crippen molar-refractivity contribution < 1.29 is 23.8 Å². The van der Waals surface area contributed by atoms with Crippen molar-refractivity contribution in [2.24, 2.45) is 0 Å². The molecule has 2 aliphatic rings. The third kappa shape index (κ3) is 6.31. The number of aromatic nitrogens is 1. The van der Waals surface area contributed by atoms with Crippen molar-refractivity contribution >= 4 is 17.6 Å². The maximum atomic E-state index is 13.1. The molecule has 1 fully saturated rings. The van der Waals surface area contributed by atoms with E-state index in [9.17, 15) is 9.59 Å². The molecule has 9 nitrogen and oxygen atoms in total. The summed E-state index contributed by atoms with van der Waals surface area (Å²) >= 11 is 0. The van der Waals surface area contributed by atoms with Crippen molar-refractivity contribution in [1.29, 1.82) is 0 Å². The van der Waals surface area contributed by atoms with Crippen LogP contribution in [-0.2, 0) is 22.6 Å². The van der Waals surface area contributed by atoms with E-state index in [0.29, 0.717) is 67.7 Å². The largest absolute Gasteiger partial charge is 0.493 e. The highest BCUT2D eigenvalue weighted by molar-refractivity contribution is 5.92. The lowest BCUT2D eigenvalue weighted by molar-refractivity contribution is -0.123. The fourth-order valence-corrected chi connectivity index (χ4v) is 4.95. The molecule has 9 heteroatoms. The standard InChI is InChI=1S/C30H34N4O5/c1-33(2)30(36)23-8-5-9-28(31-23)34-15-14-25-24(18-34)32-29(35)13-11-20-10-12-26(37-3)27(17-20)39-22-7-4-6-21(16-22)19-38-25/h4-10,12,16-17,24-25H,11,13-15,18-19H2,1-3H3,(H,32,35)/t24-,25+/m0/s1. The number of ether oxygens (including phenoxy) is 3. The van der Waals surface area contributed by atoms with Gasteiger partial charge in [0.25, 0.3) is 5.91 Å². The monoisotopic (exact) mass is 530 g/mol. The Morgan fingerprint density at radius 1 is 1.08 bits per heavy atom. The number of pyridine rings is 1. The molecule has 0 radical (unpaired) electrons. The Labute approximate surface area is 228 Å². The predicted molar refractivity (Wildman–Crippen MR) is 147 cm³/mol. The summed E-state index contributed by atoms with van der Waals surface area (Å²) < 4.78 is 18.0. The van der Waals surface area contributed by atoms with Crippen molar-refractivity contribution in [2.75, 3.05) is 39.2 Å². The molecule has 0 spiro atoms. The number of nitrogens with one attached hydrogen (secondary N) is 1. The van der Waals surface area contributed by atoms with Crippen LogP contribution >= 0.6 is 0 Å². The Morgan fingerprint density at radius 3 is 2.74 bits per heavy atom. The summed E-state index contributed by atoms with van der Waals surface area (Å²) in [5, 5.41) is 3.22. The summed E-state index contributed by atoms with van der Waals surface area (Å²) in [7, 11) is 5.03. The van der Waals surface area contributed by atoms with E-state index < -0.39 is 0 Å². The second-order valence-corrected chi connectivity index (χ2v) is 10.1. The summed E-state index contributed by atoms with van der Waals surface area (Å²) in [5.74, 6) is 2.45. The van der Waals surface area contributed by atoms with Crippen LogP contribution in [0.2, 0.25) is 0 Å². The first kappa shape index (κ1) is 26.5.